The third kappa shape index (κ3) is 9.14. The predicted molar refractivity (Wildman–Crippen MR) is 154 cm³/mol. The Morgan fingerprint density at radius 1 is 1.07 bits per heavy atom. The van der Waals surface area contributed by atoms with Gasteiger partial charge in [0.25, 0.3) is 5.91 Å². The second-order valence-electron chi connectivity index (χ2n) is 10.4. The summed E-state index contributed by atoms with van der Waals surface area (Å²) in [5.41, 5.74) is 7.40. The van der Waals surface area contributed by atoms with Crippen LogP contribution in [0.15, 0.2) is 55.1 Å². The lowest BCUT2D eigenvalue weighted by Gasteiger charge is -2.34. The Labute approximate surface area is 235 Å². The van der Waals surface area contributed by atoms with E-state index in [-0.39, 0.29) is 19.4 Å². The number of nitrogens with two attached hydrogens (primary N) is 1. The summed E-state index contributed by atoms with van der Waals surface area (Å²) in [6.45, 7) is 12.6. The van der Waals surface area contributed by atoms with Gasteiger partial charge in [0.05, 0.1) is 7.11 Å². The van der Waals surface area contributed by atoms with E-state index < -0.39 is 41.5 Å². The van der Waals surface area contributed by atoms with Crippen LogP contribution in [-0.4, -0.2) is 54.0 Å². The number of amides is 4. The molecule has 0 radical (unpaired) electrons. The van der Waals surface area contributed by atoms with Crippen LogP contribution in [0.25, 0.3) is 0 Å². The number of hydrogen-bond donors (Lipinski definition) is 3. The Morgan fingerprint density at radius 2 is 1.73 bits per heavy atom. The second kappa shape index (κ2) is 14.2. The standard InChI is InChI=1S/C30H40N4O6/c1-8-18-34(28(37)24(16-17-25(31)35)33-29(38)40-30(4,5)6)26(23-11-9-10-19(2)20(23)3)27(36)32-21-12-14-22(39-7)15-13-21/h8-15,24,26H,1,16-18H2,2-7H3,(H2,31,35)(H,32,36)(H,33,38). The van der Waals surface area contributed by atoms with E-state index in [0.29, 0.717) is 17.0 Å². The fourth-order valence-electron chi connectivity index (χ4n) is 4.06. The molecule has 0 aromatic heterocycles. The average Bonchev–Trinajstić information content (AvgIpc) is 2.87. The number of carbonyl (C=O) groups is 4. The predicted octanol–water partition coefficient (Wildman–Crippen LogP) is 4.17. The third-order valence-corrected chi connectivity index (χ3v) is 6.14. The van der Waals surface area contributed by atoms with Gasteiger partial charge in [-0.15, -0.1) is 6.58 Å². The number of ether oxygens (including phenoxy) is 2. The van der Waals surface area contributed by atoms with E-state index in [2.05, 4.69) is 17.2 Å². The minimum Gasteiger partial charge on any atom is -0.497 e. The van der Waals surface area contributed by atoms with Crippen molar-refractivity contribution in [1.29, 1.82) is 0 Å². The van der Waals surface area contributed by atoms with Crippen molar-refractivity contribution in [1.82, 2.24) is 10.2 Å². The first kappa shape index (κ1) is 31.9. The van der Waals surface area contributed by atoms with Gasteiger partial charge in [-0.1, -0.05) is 24.3 Å². The van der Waals surface area contributed by atoms with Gasteiger partial charge in [-0.2, -0.15) is 0 Å². The fraction of sp³-hybridized carbons (Fsp3) is 0.400. The molecule has 40 heavy (non-hydrogen) atoms. The number of methoxy groups -OCH3 is 1. The number of primary amides is 1. The number of aryl methyl sites for hydroxylation is 1. The molecule has 0 aliphatic rings. The topological polar surface area (TPSA) is 140 Å². The van der Waals surface area contributed by atoms with Crippen LogP contribution < -0.4 is 21.1 Å². The maximum atomic E-state index is 14.1. The highest BCUT2D eigenvalue weighted by Gasteiger charge is 2.36. The molecular weight excluding hydrogens is 512 g/mol. The molecule has 0 aliphatic heterocycles. The number of carbonyl (C=O) groups excluding carboxylic acids is 4. The number of alkyl carbamates (subject to hydrolysis) is 1. The van der Waals surface area contributed by atoms with E-state index >= 15 is 0 Å². The van der Waals surface area contributed by atoms with E-state index in [9.17, 15) is 19.2 Å². The van der Waals surface area contributed by atoms with Crippen LogP contribution in [0, 0.1) is 13.8 Å². The summed E-state index contributed by atoms with van der Waals surface area (Å²) in [6.07, 6.45) is 0.413. The Balaban J connectivity index is 2.55. The van der Waals surface area contributed by atoms with Gasteiger partial charge in [0.1, 0.15) is 23.4 Å². The van der Waals surface area contributed by atoms with Gasteiger partial charge in [-0.25, -0.2) is 4.79 Å². The van der Waals surface area contributed by atoms with Gasteiger partial charge < -0.3 is 30.7 Å². The first-order valence-corrected chi connectivity index (χ1v) is 13.0. The fourth-order valence-corrected chi connectivity index (χ4v) is 4.06. The average molecular weight is 553 g/mol. The quantitative estimate of drug-likeness (QED) is 0.338. The van der Waals surface area contributed by atoms with Crippen LogP contribution in [0.2, 0.25) is 0 Å². The highest BCUT2D eigenvalue weighted by Crippen LogP contribution is 2.29. The van der Waals surface area contributed by atoms with Gasteiger partial charge in [0.2, 0.25) is 11.8 Å². The largest absolute Gasteiger partial charge is 0.497 e. The summed E-state index contributed by atoms with van der Waals surface area (Å²) in [5, 5.41) is 5.45. The van der Waals surface area contributed by atoms with Crippen LogP contribution in [0.4, 0.5) is 10.5 Å². The van der Waals surface area contributed by atoms with E-state index in [0.717, 1.165) is 11.1 Å². The number of benzene rings is 2. The molecule has 4 N–H and O–H groups in total. The summed E-state index contributed by atoms with van der Waals surface area (Å²) >= 11 is 0. The van der Waals surface area contributed by atoms with Crippen LogP contribution >= 0.6 is 0 Å². The lowest BCUT2D eigenvalue weighted by Crippen LogP contribution is -2.52. The lowest BCUT2D eigenvalue weighted by molar-refractivity contribution is -0.140. The molecule has 0 spiro atoms. The van der Waals surface area contributed by atoms with E-state index in [4.69, 9.17) is 15.2 Å². The molecule has 0 bridgehead atoms. The zero-order valence-electron chi connectivity index (χ0n) is 24.1. The summed E-state index contributed by atoms with van der Waals surface area (Å²) in [4.78, 5) is 53.5. The zero-order chi connectivity index (χ0) is 30.0. The van der Waals surface area contributed by atoms with Crippen LogP contribution in [-0.2, 0) is 19.1 Å². The minimum atomic E-state index is -1.19. The van der Waals surface area contributed by atoms with Gasteiger partial charge in [0, 0.05) is 18.7 Å². The Hall–Kier alpha value is -4.34. The highest BCUT2D eigenvalue weighted by atomic mass is 16.6. The molecule has 10 heteroatoms. The molecule has 216 valence electrons. The normalized spacial score (nSPS) is 12.4. The molecule has 0 aliphatic carbocycles. The first-order valence-electron chi connectivity index (χ1n) is 13.0. The van der Waals surface area contributed by atoms with Gasteiger partial charge in [-0.05, 0) is 82.0 Å². The molecule has 2 atom stereocenters. The SMILES string of the molecule is C=CCN(C(=O)C(CCC(N)=O)NC(=O)OC(C)(C)C)C(C(=O)Nc1ccc(OC)cc1)c1cccc(C)c1C. The summed E-state index contributed by atoms with van der Waals surface area (Å²) in [7, 11) is 1.54. The maximum Gasteiger partial charge on any atom is 0.408 e. The van der Waals surface area contributed by atoms with Crippen molar-refractivity contribution < 1.29 is 28.7 Å². The molecule has 2 aromatic carbocycles. The Kier molecular flexibility index (Phi) is 11.3. The molecule has 4 amide bonds. The van der Waals surface area contributed by atoms with Crippen molar-refractivity contribution in [2.75, 3.05) is 19.0 Å². The van der Waals surface area contributed by atoms with Crippen LogP contribution in [0.1, 0.15) is 56.3 Å². The van der Waals surface area contributed by atoms with Crippen LogP contribution in [0.5, 0.6) is 5.75 Å². The smallest absolute Gasteiger partial charge is 0.408 e. The van der Waals surface area contributed by atoms with E-state index in [1.54, 1.807) is 58.2 Å². The maximum absolute atomic E-state index is 14.1. The van der Waals surface area contributed by atoms with E-state index in [1.807, 2.05) is 26.0 Å². The summed E-state index contributed by atoms with van der Waals surface area (Å²) in [6, 6.07) is 10.0. The van der Waals surface area contributed by atoms with E-state index in [1.165, 1.54) is 11.0 Å². The molecule has 0 saturated heterocycles. The monoisotopic (exact) mass is 552 g/mol. The first-order chi connectivity index (χ1) is 18.8. The third-order valence-electron chi connectivity index (χ3n) is 6.14. The van der Waals surface area contributed by atoms with Crippen molar-refractivity contribution in [3.8, 4) is 5.75 Å². The Bertz CT molecular complexity index is 1220. The molecule has 2 aromatic rings. The van der Waals surface area contributed by atoms with Gasteiger partial charge in [-0.3, -0.25) is 14.4 Å². The number of rotatable bonds is 12. The second-order valence-corrected chi connectivity index (χ2v) is 10.4. The summed E-state index contributed by atoms with van der Waals surface area (Å²) in [5.74, 6) is -1.08. The van der Waals surface area contributed by atoms with Crippen molar-refractivity contribution in [2.45, 2.75) is 65.1 Å². The number of anilines is 1. The van der Waals surface area contributed by atoms with Crippen molar-refractivity contribution >= 4 is 29.5 Å². The molecule has 2 unspecified atom stereocenters. The number of nitrogens with zero attached hydrogens (tertiary/aromatic N) is 1. The lowest BCUT2D eigenvalue weighted by atomic mass is 9.94. The van der Waals surface area contributed by atoms with Crippen molar-refractivity contribution in [2.24, 2.45) is 5.73 Å². The number of nitrogens with one attached hydrogen (secondary N) is 2. The molecule has 10 nitrogen and oxygen atoms in total. The van der Waals surface area contributed by atoms with Crippen LogP contribution in [0.3, 0.4) is 0 Å². The van der Waals surface area contributed by atoms with Crippen molar-refractivity contribution in [3.05, 3.63) is 71.8 Å². The van der Waals surface area contributed by atoms with Gasteiger partial charge in [0.15, 0.2) is 0 Å². The molecule has 0 fully saturated rings. The summed E-state index contributed by atoms with van der Waals surface area (Å²) < 4.78 is 10.5. The highest BCUT2D eigenvalue weighted by molar-refractivity contribution is 5.99. The van der Waals surface area contributed by atoms with Gasteiger partial charge >= 0.3 is 6.09 Å². The molecular formula is C30H40N4O6. The number of hydrogen-bond acceptors (Lipinski definition) is 6. The zero-order valence-corrected chi connectivity index (χ0v) is 24.1. The minimum absolute atomic E-state index is 0.0179. The Morgan fingerprint density at radius 3 is 2.27 bits per heavy atom. The molecule has 0 saturated carbocycles. The molecule has 0 heterocycles. The van der Waals surface area contributed by atoms with Crippen molar-refractivity contribution in [3.63, 3.8) is 0 Å². The molecule has 2 rings (SSSR count).